The van der Waals surface area contributed by atoms with Crippen LogP contribution in [0.25, 0.3) is 27.9 Å². The smallest absolute Gasteiger partial charge is 0.332 e. The minimum atomic E-state index is -0.950. The van der Waals surface area contributed by atoms with E-state index in [9.17, 15) is 19.1 Å². The van der Waals surface area contributed by atoms with E-state index >= 15 is 0 Å². The summed E-state index contributed by atoms with van der Waals surface area (Å²) in [7, 11) is 1.63. The molecule has 11 heteroatoms. The van der Waals surface area contributed by atoms with Gasteiger partial charge in [-0.2, -0.15) is 0 Å². The van der Waals surface area contributed by atoms with E-state index in [1.807, 2.05) is 0 Å². The Labute approximate surface area is 221 Å². The van der Waals surface area contributed by atoms with Crippen LogP contribution in [0, 0.1) is 5.82 Å². The van der Waals surface area contributed by atoms with E-state index in [0.717, 1.165) is 0 Å². The number of carboxylic acids is 1. The molecule has 3 N–H and O–H groups in total. The van der Waals surface area contributed by atoms with Gasteiger partial charge in [-0.25, -0.2) is 14.2 Å². The van der Waals surface area contributed by atoms with Crippen LogP contribution in [-0.4, -0.2) is 43.4 Å². The lowest BCUT2D eigenvalue weighted by Crippen LogP contribution is -2.35. The van der Waals surface area contributed by atoms with Gasteiger partial charge in [-0.3, -0.25) is 9.36 Å². The van der Waals surface area contributed by atoms with E-state index < -0.39 is 11.8 Å². The number of pyridine rings is 1. The van der Waals surface area contributed by atoms with Crippen molar-refractivity contribution in [1.82, 2.24) is 19.4 Å². The van der Waals surface area contributed by atoms with Crippen LogP contribution in [0.1, 0.15) is 6.42 Å². The first kappa shape index (κ1) is 25.1. The van der Waals surface area contributed by atoms with Crippen LogP contribution in [0.5, 0.6) is 5.75 Å². The minimum Gasteiger partial charge on any atom is -0.507 e. The van der Waals surface area contributed by atoms with Crippen molar-refractivity contribution in [2.24, 2.45) is 7.05 Å². The summed E-state index contributed by atoms with van der Waals surface area (Å²) in [6, 6.07) is 10.7. The molecule has 0 fully saturated rings. The molecular formula is C27H23ClFN5O4. The molecular weight excluding hydrogens is 513 g/mol. The largest absolute Gasteiger partial charge is 0.507 e. The van der Waals surface area contributed by atoms with Gasteiger partial charge in [-0.1, -0.05) is 17.7 Å². The van der Waals surface area contributed by atoms with Crippen LogP contribution in [0.15, 0.2) is 77.7 Å². The fourth-order valence-electron chi connectivity index (χ4n) is 4.39. The fourth-order valence-corrected chi connectivity index (χ4v) is 4.66. The standard InChI is InChI=1S/C27H23ClFN5O4/c1-32-8-9-34(27(32)38)23-3-2-16(10-22(23)28)20-12-18(29)13-21(26(20)37)17-4-5-31-24(11-17)33-7-6-30-19(15-33)14-25(35)36/h2-5,8-13,15,30,37H,6-7,14H2,1H3,(H,35,36). The number of hydrogen-bond acceptors (Lipinski definition) is 6. The normalized spacial score (nSPS) is 13.2. The molecule has 0 spiro atoms. The Morgan fingerprint density at radius 3 is 2.53 bits per heavy atom. The lowest BCUT2D eigenvalue weighted by molar-refractivity contribution is -0.136. The summed E-state index contributed by atoms with van der Waals surface area (Å²) in [5, 5.41) is 23.6. The third-order valence-electron chi connectivity index (χ3n) is 6.25. The molecule has 0 amide bonds. The Morgan fingerprint density at radius 2 is 1.87 bits per heavy atom. The summed E-state index contributed by atoms with van der Waals surface area (Å²) in [4.78, 5) is 29.6. The number of halogens is 2. The summed E-state index contributed by atoms with van der Waals surface area (Å²) in [5.41, 5.74) is 2.23. The summed E-state index contributed by atoms with van der Waals surface area (Å²) < 4.78 is 17.6. The first-order valence-corrected chi connectivity index (χ1v) is 12.1. The highest BCUT2D eigenvalue weighted by atomic mass is 35.5. The Bertz CT molecular complexity index is 1640. The topological polar surface area (TPSA) is 113 Å². The summed E-state index contributed by atoms with van der Waals surface area (Å²) >= 11 is 6.49. The number of aryl methyl sites for hydroxylation is 1. The second-order valence-electron chi connectivity index (χ2n) is 8.83. The summed E-state index contributed by atoms with van der Waals surface area (Å²) in [6.45, 7) is 1.08. The number of nitrogens with zero attached hydrogens (tertiary/aromatic N) is 4. The van der Waals surface area contributed by atoms with E-state index in [0.29, 0.717) is 41.4 Å². The number of hydrogen-bond donors (Lipinski definition) is 3. The molecule has 38 heavy (non-hydrogen) atoms. The maximum Gasteiger partial charge on any atom is 0.332 e. The van der Waals surface area contributed by atoms with Crippen molar-refractivity contribution in [3.8, 4) is 33.7 Å². The summed E-state index contributed by atoms with van der Waals surface area (Å²) in [6.07, 6.45) is 6.29. The molecule has 4 aromatic rings. The molecule has 0 bridgehead atoms. The number of benzene rings is 2. The number of phenols is 1. The van der Waals surface area contributed by atoms with Gasteiger partial charge in [-0.05, 0) is 47.5 Å². The van der Waals surface area contributed by atoms with E-state index in [2.05, 4.69) is 10.3 Å². The molecule has 2 aromatic heterocycles. The van der Waals surface area contributed by atoms with Gasteiger partial charge in [0.25, 0.3) is 0 Å². The van der Waals surface area contributed by atoms with Crippen LogP contribution in [0.4, 0.5) is 10.2 Å². The molecule has 0 unspecified atom stereocenters. The van der Waals surface area contributed by atoms with Crippen molar-refractivity contribution in [2.45, 2.75) is 6.42 Å². The average molecular weight is 536 g/mol. The quantitative estimate of drug-likeness (QED) is 0.340. The van der Waals surface area contributed by atoms with Crippen molar-refractivity contribution in [1.29, 1.82) is 0 Å². The number of nitrogens with one attached hydrogen (secondary N) is 1. The van der Waals surface area contributed by atoms with Crippen molar-refractivity contribution in [3.05, 3.63) is 94.3 Å². The maximum atomic E-state index is 14.8. The minimum absolute atomic E-state index is 0.147. The SMILES string of the molecule is Cn1ccn(-c2ccc(-c3cc(F)cc(-c4ccnc(N5C=C(CC(=O)O)NCC5)c4)c3O)cc2Cl)c1=O. The van der Waals surface area contributed by atoms with E-state index in [-0.39, 0.29) is 34.0 Å². The number of aliphatic carboxylic acids is 1. The van der Waals surface area contributed by atoms with Crippen LogP contribution >= 0.6 is 11.6 Å². The lowest BCUT2D eigenvalue weighted by atomic mass is 9.97. The number of carboxylic acid groups (broad SMARTS) is 1. The molecule has 0 radical (unpaired) electrons. The lowest BCUT2D eigenvalue weighted by Gasteiger charge is -2.27. The molecule has 194 valence electrons. The van der Waals surface area contributed by atoms with Crippen LogP contribution < -0.4 is 15.9 Å². The van der Waals surface area contributed by atoms with E-state index in [1.165, 1.54) is 21.3 Å². The van der Waals surface area contributed by atoms with Gasteiger partial charge in [0.15, 0.2) is 0 Å². The Hall–Kier alpha value is -4.57. The number of carbonyl (C=O) groups is 1. The highest BCUT2D eigenvalue weighted by Gasteiger charge is 2.19. The zero-order valence-corrected chi connectivity index (χ0v) is 21.0. The number of phenolic OH excluding ortho intramolecular Hbond substituents is 1. The zero-order chi connectivity index (χ0) is 27.0. The highest BCUT2D eigenvalue weighted by molar-refractivity contribution is 6.32. The van der Waals surface area contributed by atoms with Gasteiger partial charge < -0.3 is 25.0 Å². The predicted molar refractivity (Wildman–Crippen MR) is 142 cm³/mol. The Kier molecular flexibility index (Phi) is 6.64. The number of anilines is 1. The Balaban J connectivity index is 1.52. The monoisotopic (exact) mass is 535 g/mol. The highest BCUT2D eigenvalue weighted by Crippen LogP contribution is 2.41. The zero-order valence-electron chi connectivity index (χ0n) is 20.2. The van der Waals surface area contributed by atoms with Crippen LogP contribution in [-0.2, 0) is 11.8 Å². The molecule has 0 saturated carbocycles. The molecule has 2 aromatic carbocycles. The van der Waals surface area contributed by atoms with Gasteiger partial charge in [0.2, 0.25) is 0 Å². The second kappa shape index (κ2) is 10.1. The van der Waals surface area contributed by atoms with Crippen molar-refractivity contribution >= 4 is 23.4 Å². The first-order valence-electron chi connectivity index (χ1n) is 11.7. The molecule has 1 aliphatic rings. The van der Waals surface area contributed by atoms with Gasteiger partial charge in [0.1, 0.15) is 17.4 Å². The van der Waals surface area contributed by atoms with Crippen molar-refractivity contribution in [2.75, 3.05) is 18.0 Å². The molecule has 0 atom stereocenters. The summed E-state index contributed by atoms with van der Waals surface area (Å²) in [5.74, 6) is -1.13. The molecule has 0 aliphatic carbocycles. The number of aromatic hydroxyl groups is 1. The molecule has 1 aliphatic heterocycles. The average Bonchev–Trinajstić information content (AvgIpc) is 3.22. The molecule has 5 rings (SSSR count). The number of aromatic nitrogens is 3. The predicted octanol–water partition coefficient (Wildman–Crippen LogP) is 4.13. The van der Waals surface area contributed by atoms with Crippen molar-refractivity contribution in [3.63, 3.8) is 0 Å². The third-order valence-corrected chi connectivity index (χ3v) is 6.55. The van der Waals surface area contributed by atoms with Gasteiger partial charge in [-0.15, -0.1) is 0 Å². The Morgan fingerprint density at radius 1 is 1.13 bits per heavy atom. The van der Waals surface area contributed by atoms with Gasteiger partial charge >= 0.3 is 11.7 Å². The third kappa shape index (κ3) is 4.85. The second-order valence-corrected chi connectivity index (χ2v) is 9.23. The number of imidazole rings is 1. The van der Waals surface area contributed by atoms with E-state index in [4.69, 9.17) is 16.7 Å². The van der Waals surface area contributed by atoms with Gasteiger partial charge in [0, 0.05) is 61.8 Å². The van der Waals surface area contributed by atoms with Gasteiger partial charge in [0.05, 0.1) is 17.1 Å². The fraction of sp³-hybridized carbons (Fsp3) is 0.148. The molecule has 9 nitrogen and oxygen atoms in total. The number of rotatable bonds is 6. The van der Waals surface area contributed by atoms with E-state index in [1.54, 1.807) is 67.1 Å². The van der Waals surface area contributed by atoms with Crippen molar-refractivity contribution < 1.29 is 19.4 Å². The molecule has 0 saturated heterocycles. The van der Waals surface area contributed by atoms with Crippen LogP contribution in [0.3, 0.4) is 0 Å². The molecule has 3 heterocycles. The maximum absolute atomic E-state index is 14.8. The van der Waals surface area contributed by atoms with Crippen LogP contribution in [0.2, 0.25) is 5.02 Å². The first-order chi connectivity index (χ1) is 18.2.